The molecule has 1 aromatic heterocycles. The van der Waals surface area contributed by atoms with Gasteiger partial charge in [0, 0.05) is 17.7 Å². The van der Waals surface area contributed by atoms with Gasteiger partial charge in [0.2, 0.25) is 0 Å². The minimum absolute atomic E-state index is 0.0988. The summed E-state index contributed by atoms with van der Waals surface area (Å²) in [5.41, 5.74) is 5.31. The molecule has 0 saturated carbocycles. The molecule has 0 atom stereocenters. The molecule has 0 aliphatic heterocycles. The number of nitrogens with zero attached hydrogens (tertiary/aromatic N) is 3. The zero-order valence-corrected chi connectivity index (χ0v) is 19.2. The third-order valence-electron chi connectivity index (χ3n) is 5.05. The van der Waals surface area contributed by atoms with Crippen LogP contribution in [0.1, 0.15) is 47.8 Å². The lowest BCUT2D eigenvalue weighted by Crippen LogP contribution is -2.10. The van der Waals surface area contributed by atoms with Crippen molar-refractivity contribution in [2.45, 2.75) is 51.7 Å². The van der Waals surface area contributed by atoms with Crippen molar-refractivity contribution in [1.82, 2.24) is 14.8 Å². The first-order valence-corrected chi connectivity index (χ1v) is 11.1. The summed E-state index contributed by atoms with van der Waals surface area (Å²) in [6.07, 6.45) is 1.83. The number of hydrogen-bond acceptors (Lipinski definition) is 4. The van der Waals surface area contributed by atoms with Crippen LogP contribution in [0.3, 0.4) is 0 Å². The molecule has 0 aliphatic carbocycles. The minimum atomic E-state index is 0.0988. The Hall–Kier alpha value is -2.66. The molecule has 3 aromatic rings. The van der Waals surface area contributed by atoms with Crippen molar-refractivity contribution in [2.75, 3.05) is 5.75 Å². The van der Waals surface area contributed by atoms with E-state index in [2.05, 4.69) is 61.8 Å². The average molecular weight is 420 g/mol. The van der Waals surface area contributed by atoms with Crippen molar-refractivity contribution >= 4 is 17.5 Å². The molecule has 5 heteroatoms. The zero-order valence-electron chi connectivity index (χ0n) is 18.4. The van der Waals surface area contributed by atoms with Gasteiger partial charge in [0.05, 0.1) is 5.75 Å². The van der Waals surface area contributed by atoms with Crippen molar-refractivity contribution in [2.24, 2.45) is 0 Å². The fourth-order valence-electron chi connectivity index (χ4n) is 3.36. The molecule has 0 bridgehead atoms. The third-order valence-corrected chi connectivity index (χ3v) is 6.02. The predicted octanol–water partition coefficient (Wildman–Crippen LogP) is 6.02. The molecule has 0 aliphatic rings. The van der Waals surface area contributed by atoms with E-state index in [1.165, 1.54) is 17.3 Å². The Balaban J connectivity index is 1.82. The minimum Gasteiger partial charge on any atom is -0.298 e. The van der Waals surface area contributed by atoms with Crippen LogP contribution in [0.15, 0.2) is 60.3 Å². The summed E-state index contributed by atoms with van der Waals surface area (Å²) in [5.74, 6) is 1.21. The lowest BCUT2D eigenvalue weighted by atomic mass is 9.87. The van der Waals surface area contributed by atoms with Crippen LogP contribution in [-0.2, 0) is 12.0 Å². The van der Waals surface area contributed by atoms with Crippen molar-refractivity contribution in [3.8, 4) is 11.4 Å². The first-order valence-electron chi connectivity index (χ1n) is 10.1. The lowest BCUT2D eigenvalue weighted by molar-refractivity contribution is 0.102. The standard InChI is InChI=1S/C25H29N3OS/c1-7-14-28-23(19-9-11-20(12-10-19)25(4,5)6)26-27-24(28)30-16-22(29)21-13-8-17(2)15-18(21)3/h7-13,15H,1,14,16H2,2-6H3. The highest BCUT2D eigenvalue weighted by molar-refractivity contribution is 7.99. The number of rotatable bonds is 7. The normalized spacial score (nSPS) is 11.5. The summed E-state index contributed by atoms with van der Waals surface area (Å²) in [5, 5.41) is 9.50. The Bertz CT molecular complexity index is 1060. The van der Waals surface area contributed by atoms with E-state index < -0.39 is 0 Å². The second-order valence-electron chi connectivity index (χ2n) is 8.56. The Morgan fingerprint density at radius 2 is 1.80 bits per heavy atom. The van der Waals surface area contributed by atoms with Crippen molar-refractivity contribution in [3.63, 3.8) is 0 Å². The topological polar surface area (TPSA) is 47.8 Å². The summed E-state index contributed by atoms with van der Waals surface area (Å²) in [6, 6.07) is 14.4. The van der Waals surface area contributed by atoms with E-state index in [0.29, 0.717) is 12.3 Å². The number of ketones is 1. The van der Waals surface area contributed by atoms with Gasteiger partial charge in [-0.2, -0.15) is 0 Å². The van der Waals surface area contributed by atoms with Crippen LogP contribution in [0.25, 0.3) is 11.4 Å². The number of allylic oxidation sites excluding steroid dienone is 1. The molecule has 0 fully saturated rings. The fourth-order valence-corrected chi connectivity index (χ4v) is 4.19. The van der Waals surface area contributed by atoms with E-state index in [-0.39, 0.29) is 11.2 Å². The van der Waals surface area contributed by atoms with E-state index in [1.54, 1.807) is 0 Å². The molecule has 3 rings (SSSR count). The fraction of sp³-hybridized carbons (Fsp3) is 0.320. The first kappa shape index (κ1) is 22.0. The molecule has 2 aromatic carbocycles. The zero-order chi connectivity index (χ0) is 21.9. The summed E-state index contributed by atoms with van der Waals surface area (Å²) in [7, 11) is 0. The molecular weight excluding hydrogens is 390 g/mol. The van der Waals surface area contributed by atoms with Crippen LogP contribution in [0.5, 0.6) is 0 Å². The Morgan fingerprint density at radius 3 is 2.40 bits per heavy atom. The molecule has 0 saturated heterocycles. The van der Waals surface area contributed by atoms with Gasteiger partial charge in [0.25, 0.3) is 0 Å². The Kier molecular flexibility index (Phi) is 6.61. The molecule has 156 valence electrons. The van der Waals surface area contributed by atoms with Crippen LogP contribution < -0.4 is 0 Å². The molecule has 0 spiro atoms. The summed E-state index contributed by atoms with van der Waals surface area (Å²) in [6.45, 7) is 15.1. The SMILES string of the molecule is C=CCn1c(SCC(=O)c2ccc(C)cc2C)nnc1-c1ccc(C(C)(C)C)cc1. The van der Waals surface area contributed by atoms with Crippen LogP contribution >= 0.6 is 11.8 Å². The molecule has 4 nitrogen and oxygen atoms in total. The molecule has 0 amide bonds. The summed E-state index contributed by atoms with van der Waals surface area (Å²) < 4.78 is 2.01. The van der Waals surface area contributed by atoms with Crippen molar-refractivity contribution < 1.29 is 4.79 Å². The van der Waals surface area contributed by atoms with Crippen molar-refractivity contribution in [3.05, 3.63) is 77.4 Å². The van der Waals surface area contributed by atoms with E-state index >= 15 is 0 Å². The van der Waals surface area contributed by atoms with Gasteiger partial charge in [-0.05, 0) is 30.4 Å². The van der Waals surface area contributed by atoms with Crippen LogP contribution in [0.4, 0.5) is 0 Å². The average Bonchev–Trinajstić information content (AvgIpc) is 3.08. The highest BCUT2D eigenvalue weighted by atomic mass is 32.2. The number of aryl methyl sites for hydroxylation is 2. The number of carbonyl (C=O) groups excluding carboxylic acids is 1. The number of hydrogen-bond donors (Lipinski definition) is 0. The first-order chi connectivity index (χ1) is 14.2. The Morgan fingerprint density at radius 1 is 1.10 bits per heavy atom. The maximum atomic E-state index is 12.7. The van der Waals surface area contributed by atoms with E-state index in [9.17, 15) is 4.79 Å². The summed E-state index contributed by atoms with van der Waals surface area (Å²) >= 11 is 1.42. The second-order valence-corrected chi connectivity index (χ2v) is 9.51. The van der Waals surface area contributed by atoms with E-state index in [4.69, 9.17) is 0 Å². The van der Waals surface area contributed by atoms with Gasteiger partial charge < -0.3 is 0 Å². The smallest absolute Gasteiger partial charge is 0.192 e. The largest absolute Gasteiger partial charge is 0.298 e. The number of benzene rings is 2. The van der Waals surface area contributed by atoms with E-state index in [1.807, 2.05) is 42.7 Å². The number of carbonyl (C=O) groups is 1. The highest BCUT2D eigenvalue weighted by Crippen LogP contribution is 2.28. The number of thioether (sulfide) groups is 1. The van der Waals surface area contributed by atoms with Gasteiger partial charge in [-0.1, -0.05) is 86.6 Å². The summed E-state index contributed by atoms with van der Waals surface area (Å²) in [4.78, 5) is 12.7. The molecule has 0 radical (unpaired) electrons. The van der Waals surface area contributed by atoms with Gasteiger partial charge in [-0.15, -0.1) is 16.8 Å². The Labute approximate surface area is 183 Å². The van der Waals surface area contributed by atoms with Gasteiger partial charge >= 0.3 is 0 Å². The van der Waals surface area contributed by atoms with Crippen LogP contribution in [0.2, 0.25) is 0 Å². The molecule has 1 heterocycles. The van der Waals surface area contributed by atoms with Crippen LogP contribution in [-0.4, -0.2) is 26.3 Å². The molecule has 0 unspecified atom stereocenters. The maximum absolute atomic E-state index is 12.7. The third kappa shape index (κ3) is 4.90. The molecular formula is C25H29N3OS. The molecule has 30 heavy (non-hydrogen) atoms. The van der Waals surface area contributed by atoms with Gasteiger partial charge in [0.1, 0.15) is 0 Å². The van der Waals surface area contributed by atoms with Crippen molar-refractivity contribution in [1.29, 1.82) is 0 Å². The van der Waals surface area contributed by atoms with Crippen LogP contribution in [0, 0.1) is 13.8 Å². The van der Waals surface area contributed by atoms with E-state index in [0.717, 1.165) is 33.2 Å². The predicted molar refractivity (Wildman–Crippen MR) is 125 cm³/mol. The number of aromatic nitrogens is 3. The number of Topliss-reactive ketones (excluding diaryl/α,β-unsaturated/α-hetero) is 1. The maximum Gasteiger partial charge on any atom is 0.192 e. The monoisotopic (exact) mass is 419 g/mol. The lowest BCUT2D eigenvalue weighted by Gasteiger charge is -2.19. The molecule has 0 N–H and O–H groups in total. The van der Waals surface area contributed by atoms with Gasteiger partial charge in [-0.3, -0.25) is 9.36 Å². The highest BCUT2D eigenvalue weighted by Gasteiger charge is 2.18. The van der Waals surface area contributed by atoms with Gasteiger partial charge in [0.15, 0.2) is 16.8 Å². The quantitative estimate of drug-likeness (QED) is 0.267. The van der Waals surface area contributed by atoms with Gasteiger partial charge in [-0.25, -0.2) is 0 Å². The second kappa shape index (κ2) is 9.00.